The second-order valence-electron chi connectivity index (χ2n) is 5.07. The van der Waals surface area contributed by atoms with Crippen molar-refractivity contribution in [3.05, 3.63) is 64.2 Å². The second-order valence-corrected chi connectivity index (χ2v) is 5.47. The Morgan fingerprint density at radius 1 is 1.05 bits per heavy atom. The minimum absolute atomic E-state index is 0.580. The molecule has 0 aromatic heterocycles. The Morgan fingerprint density at radius 2 is 1.76 bits per heavy atom. The summed E-state index contributed by atoms with van der Waals surface area (Å²) < 4.78 is 5.84. The van der Waals surface area contributed by atoms with Crippen LogP contribution < -0.4 is 10.1 Å². The second kappa shape index (κ2) is 8.06. The van der Waals surface area contributed by atoms with Crippen LogP contribution in [0, 0.1) is 0 Å². The number of hydrogen-bond donors (Lipinski definition) is 1. The first-order valence-corrected chi connectivity index (χ1v) is 7.74. The van der Waals surface area contributed by atoms with Gasteiger partial charge in [-0.3, -0.25) is 0 Å². The van der Waals surface area contributed by atoms with Crippen LogP contribution in [0.25, 0.3) is 0 Å². The zero-order valence-electron chi connectivity index (χ0n) is 12.7. The standard InChI is InChI=1S/C18H22ClNO/c1-3-16-12-17(8-9-18(16)19)21-13-15-6-4-14(5-7-15)10-11-20-2/h4-9,12,20H,3,10-11,13H2,1-2H3. The van der Waals surface area contributed by atoms with Crippen LogP contribution >= 0.6 is 11.6 Å². The number of rotatable bonds is 7. The summed E-state index contributed by atoms with van der Waals surface area (Å²) >= 11 is 6.11. The van der Waals surface area contributed by atoms with Crippen molar-refractivity contribution in [3.63, 3.8) is 0 Å². The third-order valence-electron chi connectivity index (χ3n) is 3.49. The Bertz CT molecular complexity index is 566. The highest BCUT2D eigenvalue weighted by Gasteiger charge is 2.02. The summed E-state index contributed by atoms with van der Waals surface area (Å²) in [6, 6.07) is 14.4. The first kappa shape index (κ1) is 15.9. The van der Waals surface area contributed by atoms with Gasteiger partial charge in [0.2, 0.25) is 0 Å². The van der Waals surface area contributed by atoms with Gasteiger partial charge in [-0.15, -0.1) is 0 Å². The first-order chi connectivity index (χ1) is 10.2. The molecule has 0 unspecified atom stereocenters. The molecule has 0 fully saturated rings. The summed E-state index contributed by atoms with van der Waals surface area (Å²) in [5.41, 5.74) is 3.64. The molecule has 0 aliphatic carbocycles. The maximum absolute atomic E-state index is 6.11. The van der Waals surface area contributed by atoms with E-state index >= 15 is 0 Å². The van der Waals surface area contributed by atoms with Crippen LogP contribution in [0.3, 0.4) is 0 Å². The van der Waals surface area contributed by atoms with Gasteiger partial charge < -0.3 is 10.1 Å². The molecule has 0 saturated heterocycles. The van der Waals surface area contributed by atoms with Crippen molar-refractivity contribution in [3.8, 4) is 5.75 Å². The van der Waals surface area contributed by atoms with E-state index in [4.69, 9.17) is 16.3 Å². The van der Waals surface area contributed by atoms with Crippen molar-refractivity contribution < 1.29 is 4.74 Å². The summed E-state index contributed by atoms with van der Waals surface area (Å²) in [7, 11) is 1.97. The summed E-state index contributed by atoms with van der Waals surface area (Å²) in [6.45, 7) is 3.67. The molecule has 0 saturated carbocycles. The minimum atomic E-state index is 0.580. The number of ether oxygens (including phenoxy) is 1. The average molecular weight is 304 g/mol. The zero-order chi connectivity index (χ0) is 15.1. The van der Waals surface area contributed by atoms with Crippen molar-refractivity contribution in [2.24, 2.45) is 0 Å². The largest absolute Gasteiger partial charge is 0.489 e. The molecule has 3 heteroatoms. The lowest BCUT2D eigenvalue weighted by Crippen LogP contribution is -2.10. The highest BCUT2D eigenvalue weighted by atomic mass is 35.5. The van der Waals surface area contributed by atoms with E-state index < -0.39 is 0 Å². The van der Waals surface area contributed by atoms with Gasteiger partial charge in [-0.05, 0) is 61.3 Å². The highest BCUT2D eigenvalue weighted by Crippen LogP contribution is 2.23. The number of halogens is 1. The monoisotopic (exact) mass is 303 g/mol. The van der Waals surface area contributed by atoms with Crippen molar-refractivity contribution in [2.75, 3.05) is 13.6 Å². The molecule has 0 atom stereocenters. The van der Waals surface area contributed by atoms with Gasteiger partial charge in [0.05, 0.1) is 0 Å². The van der Waals surface area contributed by atoms with E-state index in [9.17, 15) is 0 Å². The Labute approximate surface area is 132 Å². The molecule has 0 aliphatic rings. The van der Waals surface area contributed by atoms with E-state index in [0.29, 0.717) is 6.61 Å². The van der Waals surface area contributed by atoms with Gasteiger partial charge in [0.25, 0.3) is 0 Å². The Kier molecular flexibility index (Phi) is 6.09. The number of hydrogen-bond acceptors (Lipinski definition) is 2. The SMILES string of the molecule is CCc1cc(OCc2ccc(CCNC)cc2)ccc1Cl. The van der Waals surface area contributed by atoms with E-state index in [1.165, 1.54) is 11.1 Å². The van der Waals surface area contributed by atoms with Crippen molar-refractivity contribution >= 4 is 11.6 Å². The van der Waals surface area contributed by atoms with E-state index in [1.807, 2.05) is 25.2 Å². The number of benzene rings is 2. The van der Waals surface area contributed by atoms with Gasteiger partial charge in [-0.2, -0.15) is 0 Å². The van der Waals surface area contributed by atoms with Crippen LogP contribution in [0.2, 0.25) is 5.02 Å². The van der Waals surface area contributed by atoms with Gasteiger partial charge in [-0.25, -0.2) is 0 Å². The van der Waals surface area contributed by atoms with E-state index in [2.05, 4.69) is 36.5 Å². The average Bonchev–Trinajstić information content (AvgIpc) is 2.53. The van der Waals surface area contributed by atoms with E-state index in [0.717, 1.165) is 35.7 Å². The third-order valence-corrected chi connectivity index (χ3v) is 3.86. The molecule has 2 aromatic rings. The first-order valence-electron chi connectivity index (χ1n) is 7.36. The molecule has 21 heavy (non-hydrogen) atoms. The molecule has 0 aliphatic heterocycles. The predicted octanol–water partition coefficient (Wildman–Crippen LogP) is 4.24. The van der Waals surface area contributed by atoms with Crippen LogP contribution in [-0.4, -0.2) is 13.6 Å². The molecule has 0 spiro atoms. The number of likely N-dealkylation sites (N-methyl/N-ethyl adjacent to an activating group) is 1. The molecule has 1 N–H and O–H groups in total. The fourth-order valence-electron chi connectivity index (χ4n) is 2.15. The molecule has 0 bridgehead atoms. The Hall–Kier alpha value is -1.51. The van der Waals surface area contributed by atoms with Crippen molar-refractivity contribution in [1.29, 1.82) is 0 Å². The molecule has 0 amide bonds. The topological polar surface area (TPSA) is 21.3 Å². The highest BCUT2D eigenvalue weighted by molar-refractivity contribution is 6.31. The number of aryl methyl sites for hydroxylation is 1. The number of nitrogens with one attached hydrogen (secondary N) is 1. The van der Waals surface area contributed by atoms with Crippen LogP contribution in [-0.2, 0) is 19.4 Å². The van der Waals surface area contributed by atoms with Gasteiger partial charge in [-0.1, -0.05) is 42.8 Å². The summed E-state index contributed by atoms with van der Waals surface area (Å²) in [5.74, 6) is 0.871. The van der Waals surface area contributed by atoms with E-state index in [1.54, 1.807) is 0 Å². The summed E-state index contributed by atoms with van der Waals surface area (Å²) in [4.78, 5) is 0. The lowest BCUT2D eigenvalue weighted by molar-refractivity contribution is 0.306. The van der Waals surface area contributed by atoms with Gasteiger partial charge in [0, 0.05) is 5.02 Å². The van der Waals surface area contributed by atoms with Crippen LogP contribution in [0.4, 0.5) is 0 Å². The van der Waals surface area contributed by atoms with Crippen LogP contribution in [0.15, 0.2) is 42.5 Å². The molecular formula is C18H22ClNO. The van der Waals surface area contributed by atoms with Crippen molar-refractivity contribution in [1.82, 2.24) is 5.32 Å². The van der Waals surface area contributed by atoms with Gasteiger partial charge in [0.15, 0.2) is 0 Å². The fourth-order valence-corrected chi connectivity index (χ4v) is 2.40. The molecule has 2 aromatic carbocycles. The predicted molar refractivity (Wildman–Crippen MR) is 89.2 cm³/mol. The molecule has 2 rings (SSSR count). The minimum Gasteiger partial charge on any atom is -0.489 e. The lowest BCUT2D eigenvalue weighted by atomic mass is 10.1. The van der Waals surface area contributed by atoms with Crippen molar-refractivity contribution in [2.45, 2.75) is 26.4 Å². The lowest BCUT2D eigenvalue weighted by Gasteiger charge is -2.09. The zero-order valence-corrected chi connectivity index (χ0v) is 13.4. The molecule has 0 radical (unpaired) electrons. The van der Waals surface area contributed by atoms with Gasteiger partial charge >= 0.3 is 0 Å². The summed E-state index contributed by atoms with van der Waals surface area (Å²) in [6.07, 6.45) is 1.96. The smallest absolute Gasteiger partial charge is 0.120 e. The Morgan fingerprint density at radius 3 is 2.43 bits per heavy atom. The quantitative estimate of drug-likeness (QED) is 0.826. The molecular weight excluding hydrogens is 282 g/mol. The molecule has 0 heterocycles. The molecule has 2 nitrogen and oxygen atoms in total. The maximum atomic E-state index is 6.11. The Balaban J connectivity index is 1.93. The maximum Gasteiger partial charge on any atom is 0.120 e. The van der Waals surface area contributed by atoms with Crippen LogP contribution in [0.5, 0.6) is 5.75 Å². The third kappa shape index (κ3) is 4.76. The normalized spacial score (nSPS) is 10.6. The summed E-state index contributed by atoms with van der Waals surface area (Å²) in [5, 5.41) is 3.96. The fraction of sp³-hybridized carbons (Fsp3) is 0.333. The van der Waals surface area contributed by atoms with E-state index in [-0.39, 0.29) is 0 Å². The van der Waals surface area contributed by atoms with Crippen LogP contribution in [0.1, 0.15) is 23.6 Å². The molecule has 112 valence electrons. The van der Waals surface area contributed by atoms with Gasteiger partial charge in [0.1, 0.15) is 12.4 Å².